The van der Waals surface area contributed by atoms with Crippen LogP contribution < -0.4 is 4.13 Å². The van der Waals surface area contributed by atoms with E-state index in [9.17, 15) is 0 Å². The summed E-state index contributed by atoms with van der Waals surface area (Å²) in [5.41, 5.74) is 0.703. The van der Waals surface area contributed by atoms with Crippen LogP contribution in [-0.4, -0.2) is 0 Å². The molecule has 1 aliphatic heterocycles. The molecule has 0 saturated carbocycles. The Labute approximate surface area is 73.2 Å². The number of rotatable bonds is 0. The predicted octanol–water partition coefficient (Wildman–Crippen LogP) is 2.19. The largest absolute Gasteiger partial charge is 0.192 e. The van der Waals surface area contributed by atoms with E-state index < -0.39 is 0 Å². The summed E-state index contributed by atoms with van der Waals surface area (Å²) in [6, 6.07) is 7.70. The first-order valence-electron chi connectivity index (χ1n) is 2.99. The van der Waals surface area contributed by atoms with E-state index in [1.807, 2.05) is 18.2 Å². The third-order valence-electron chi connectivity index (χ3n) is 1.34. The average Bonchev–Trinajstić information content (AvgIpc) is 2.50. The Morgan fingerprint density at radius 1 is 1.27 bits per heavy atom. The molecule has 1 aromatic rings. The van der Waals surface area contributed by atoms with Crippen molar-refractivity contribution in [2.45, 2.75) is 9.79 Å². The van der Waals surface area contributed by atoms with Crippen LogP contribution in [0.1, 0.15) is 5.56 Å². The molecule has 0 amide bonds. The van der Waals surface area contributed by atoms with Crippen LogP contribution in [0.3, 0.4) is 0 Å². The minimum Gasteiger partial charge on any atom is -0.192 e. The van der Waals surface area contributed by atoms with Crippen LogP contribution in [0.4, 0.5) is 0 Å². The zero-order valence-corrected chi connectivity index (χ0v) is 7.08. The van der Waals surface area contributed by atoms with Gasteiger partial charge >= 0.3 is 0 Å². The molecule has 0 spiro atoms. The molecule has 0 bridgehead atoms. The van der Waals surface area contributed by atoms with Crippen molar-refractivity contribution in [3.8, 4) is 6.07 Å². The number of benzene rings is 1. The van der Waals surface area contributed by atoms with Crippen LogP contribution in [0.2, 0.25) is 0 Å². The second-order valence-corrected chi connectivity index (χ2v) is 3.87. The molecule has 1 aliphatic rings. The summed E-state index contributed by atoms with van der Waals surface area (Å²) in [6.07, 6.45) is 0. The maximum Gasteiger partial charge on any atom is 0.0992 e. The van der Waals surface area contributed by atoms with E-state index in [1.165, 1.54) is 23.9 Å². The Morgan fingerprint density at radius 2 is 2.09 bits per heavy atom. The summed E-state index contributed by atoms with van der Waals surface area (Å²) < 4.78 is 4.05. The fraction of sp³-hybridized carbons (Fsp3) is 0. The van der Waals surface area contributed by atoms with Crippen molar-refractivity contribution in [3.63, 3.8) is 0 Å². The third-order valence-corrected chi connectivity index (χ3v) is 3.16. The van der Waals surface area contributed by atoms with Crippen molar-refractivity contribution < 1.29 is 0 Å². The summed E-state index contributed by atoms with van der Waals surface area (Å²) in [5.74, 6) is 0. The van der Waals surface area contributed by atoms with Gasteiger partial charge in [0.15, 0.2) is 0 Å². The Bertz CT molecular complexity index is 330. The van der Waals surface area contributed by atoms with Crippen molar-refractivity contribution >= 4 is 23.9 Å². The van der Waals surface area contributed by atoms with Crippen LogP contribution in [0.25, 0.3) is 0 Å². The first kappa shape index (κ1) is 7.04. The van der Waals surface area contributed by atoms with Gasteiger partial charge in [-0.3, -0.25) is 0 Å². The summed E-state index contributed by atoms with van der Waals surface area (Å²) in [4.78, 5) is 2.24. The van der Waals surface area contributed by atoms with Gasteiger partial charge in [-0.15, -0.1) is 0 Å². The number of nitrogens with zero attached hydrogens (tertiary/aromatic N) is 2. The van der Waals surface area contributed by atoms with Crippen LogP contribution in [0, 0.1) is 11.3 Å². The zero-order valence-electron chi connectivity index (χ0n) is 5.44. The standard InChI is InChI=1S/C7H3N2S2/c8-4-5-1-2-6-7(3-5)11-9-10-6/h1-3H. The summed E-state index contributed by atoms with van der Waals surface area (Å²) in [5, 5.41) is 8.57. The van der Waals surface area contributed by atoms with Gasteiger partial charge in [0, 0.05) is 9.79 Å². The lowest BCUT2D eigenvalue weighted by Crippen LogP contribution is -1.74. The Morgan fingerprint density at radius 3 is 2.91 bits per heavy atom. The minimum atomic E-state index is 0.703. The van der Waals surface area contributed by atoms with Gasteiger partial charge in [-0.05, 0) is 42.1 Å². The molecule has 0 aliphatic carbocycles. The second-order valence-electron chi connectivity index (χ2n) is 2.03. The lowest BCUT2D eigenvalue weighted by atomic mass is 10.2. The van der Waals surface area contributed by atoms with Crippen molar-refractivity contribution in [1.82, 2.24) is 4.13 Å². The van der Waals surface area contributed by atoms with Gasteiger partial charge in [-0.2, -0.15) is 5.26 Å². The Hall–Kier alpha value is -0.630. The third kappa shape index (κ3) is 1.23. The average molecular weight is 179 g/mol. The molecule has 0 saturated heterocycles. The highest BCUT2D eigenvalue weighted by Crippen LogP contribution is 2.38. The first-order valence-corrected chi connectivity index (χ1v) is 4.53. The molecule has 2 rings (SSSR count). The molecule has 0 aromatic heterocycles. The van der Waals surface area contributed by atoms with E-state index in [1.54, 1.807) is 0 Å². The normalized spacial score (nSPS) is 14.1. The van der Waals surface area contributed by atoms with Crippen LogP contribution in [0.15, 0.2) is 28.0 Å². The molecule has 0 fully saturated rings. The number of hydrogen-bond acceptors (Lipinski definition) is 3. The molecule has 0 N–H and O–H groups in total. The van der Waals surface area contributed by atoms with E-state index >= 15 is 0 Å². The molecule has 1 heterocycles. The summed E-state index contributed by atoms with van der Waals surface area (Å²) >= 11 is 2.90. The lowest BCUT2D eigenvalue weighted by Gasteiger charge is -1.92. The van der Waals surface area contributed by atoms with Crippen molar-refractivity contribution in [2.75, 3.05) is 0 Å². The van der Waals surface area contributed by atoms with Crippen molar-refractivity contribution in [3.05, 3.63) is 23.8 Å². The quantitative estimate of drug-likeness (QED) is 0.573. The SMILES string of the molecule is N#Cc1ccc2c(c1)S[N]S2. The molecule has 1 radical (unpaired) electrons. The summed E-state index contributed by atoms with van der Waals surface area (Å²) in [6.45, 7) is 0. The smallest absolute Gasteiger partial charge is 0.0992 e. The van der Waals surface area contributed by atoms with E-state index in [-0.39, 0.29) is 0 Å². The highest BCUT2D eigenvalue weighted by Gasteiger charge is 2.13. The maximum atomic E-state index is 8.57. The number of fused-ring (bicyclic) bond motifs is 1. The van der Waals surface area contributed by atoms with Crippen LogP contribution in [0.5, 0.6) is 0 Å². The van der Waals surface area contributed by atoms with Gasteiger partial charge in [0.05, 0.1) is 11.6 Å². The van der Waals surface area contributed by atoms with Crippen molar-refractivity contribution in [1.29, 1.82) is 5.26 Å². The van der Waals surface area contributed by atoms with Crippen molar-refractivity contribution in [2.24, 2.45) is 0 Å². The van der Waals surface area contributed by atoms with Gasteiger partial charge in [-0.25, -0.2) is 0 Å². The second kappa shape index (κ2) is 2.78. The zero-order chi connectivity index (χ0) is 7.68. The Kier molecular flexibility index (Phi) is 1.78. The van der Waals surface area contributed by atoms with E-state index in [0.717, 1.165) is 9.79 Å². The van der Waals surface area contributed by atoms with Gasteiger partial charge in [0.2, 0.25) is 0 Å². The Balaban J connectivity index is 2.51. The number of nitriles is 1. The molecule has 1 aromatic carbocycles. The van der Waals surface area contributed by atoms with E-state index in [4.69, 9.17) is 5.26 Å². The molecular formula is C7H3N2S2. The molecule has 4 heteroatoms. The predicted molar refractivity (Wildman–Crippen MR) is 45.0 cm³/mol. The summed E-state index contributed by atoms with van der Waals surface area (Å²) in [7, 11) is 0. The monoisotopic (exact) mass is 179 g/mol. The molecule has 0 unspecified atom stereocenters. The van der Waals surface area contributed by atoms with E-state index in [0.29, 0.717) is 5.56 Å². The van der Waals surface area contributed by atoms with Gasteiger partial charge in [0.25, 0.3) is 0 Å². The minimum absolute atomic E-state index is 0.703. The lowest BCUT2D eigenvalue weighted by molar-refractivity contribution is 1.25. The first-order chi connectivity index (χ1) is 5.40. The van der Waals surface area contributed by atoms with Gasteiger partial charge in [-0.1, -0.05) is 4.13 Å². The maximum absolute atomic E-state index is 8.57. The van der Waals surface area contributed by atoms with Crippen LogP contribution in [-0.2, 0) is 0 Å². The van der Waals surface area contributed by atoms with Gasteiger partial charge in [0.1, 0.15) is 0 Å². The fourth-order valence-electron chi connectivity index (χ4n) is 0.823. The van der Waals surface area contributed by atoms with E-state index in [2.05, 4.69) is 10.2 Å². The fourth-order valence-corrected chi connectivity index (χ4v) is 2.45. The highest BCUT2D eigenvalue weighted by molar-refractivity contribution is 8.15. The molecule has 0 atom stereocenters. The molecule has 2 nitrogen and oxygen atoms in total. The van der Waals surface area contributed by atoms with Gasteiger partial charge < -0.3 is 0 Å². The highest BCUT2D eigenvalue weighted by atomic mass is 32.2. The number of hydrogen-bond donors (Lipinski definition) is 0. The topological polar surface area (TPSA) is 37.9 Å². The molecular weight excluding hydrogens is 176 g/mol. The van der Waals surface area contributed by atoms with Crippen LogP contribution >= 0.6 is 23.9 Å². The molecule has 11 heavy (non-hydrogen) atoms. The molecule has 53 valence electrons.